The molecule has 1 amide bonds. The zero-order valence-electron chi connectivity index (χ0n) is 9.40. The van der Waals surface area contributed by atoms with Crippen LogP contribution in [0.15, 0.2) is 28.7 Å². The highest BCUT2D eigenvalue weighted by molar-refractivity contribution is 9.10. The third kappa shape index (κ3) is 4.30. The van der Waals surface area contributed by atoms with Crippen LogP contribution in [0.5, 0.6) is 0 Å². The Morgan fingerprint density at radius 3 is 2.50 bits per heavy atom. The lowest BCUT2D eigenvalue weighted by Crippen LogP contribution is -2.37. The van der Waals surface area contributed by atoms with Gasteiger partial charge in [0.25, 0.3) is 0 Å². The summed E-state index contributed by atoms with van der Waals surface area (Å²) in [5, 5.41) is 1.61. The van der Waals surface area contributed by atoms with Gasteiger partial charge >= 0.3 is 0 Å². The van der Waals surface area contributed by atoms with Crippen LogP contribution in [0.3, 0.4) is 0 Å². The van der Waals surface area contributed by atoms with Gasteiger partial charge in [0.15, 0.2) is 0 Å². The zero-order valence-corrected chi connectivity index (χ0v) is 11.0. The maximum atomic E-state index is 11.5. The van der Waals surface area contributed by atoms with Crippen LogP contribution >= 0.6 is 15.9 Å². The third-order valence-corrected chi connectivity index (χ3v) is 2.58. The topological polar surface area (TPSA) is 58.4 Å². The molecule has 1 aromatic rings. The fourth-order valence-corrected chi connectivity index (χ4v) is 1.59. The summed E-state index contributed by atoms with van der Waals surface area (Å²) in [4.78, 5) is 11.5. The number of nitrogens with two attached hydrogens (primary N) is 1. The Balaban J connectivity index is 2.55. The molecule has 1 atom stereocenters. The van der Waals surface area contributed by atoms with E-state index in [1.54, 1.807) is 19.1 Å². The number of hydrogen-bond donors (Lipinski definition) is 2. The van der Waals surface area contributed by atoms with Crippen LogP contribution in [-0.2, 0) is 4.79 Å². The van der Waals surface area contributed by atoms with E-state index in [1.807, 2.05) is 24.3 Å². The molecule has 0 aliphatic rings. The van der Waals surface area contributed by atoms with Gasteiger partial charge in [-0.15, -0.1) is 0 Å². The smallest absolute Gasteiger partial charge is 0.236 e. The molecule has 5 heteroatoms. The van der Waals surface area contributed by atoms with E-state index in [0.717, 1.165) is 10.0 Å². The second-order valence-electron chi connectivity index (χ2n) is 3.79. The SMILES string of the molecule is CN(C)NC(=O)CC(N)c1ccc(Br)cc1. The Hall–Kier alpha value is -0.910. The number of nitrogens with zero attached hydrogens (tertiary/aromatic N) is 1. The zero-order chi connectivity index (χ0) is 12.1. The van der Waals surface area contributed by atoms with Crippen molar-refractivity contribution in [3.05, 3.63) is 34.3 Å². The monoisotopic (exact) mass is 285 g/mol. The van der Waals surface area contributed by atoms with Crippen molar-refractivity contribution in [1.82, 2.24) is 10.4 Å². The molecule has 3 N–H and O–H groups in total. The largest absolute Gasteiger partial charge is 0.324 e. The number of rotatable bonds is 4. The predicted molar refractivity (Wildman–Crippen MR) is 67.5 cm³/mol. The summed E-state index contributed by atoms with van der Waals surface area (Å²) in [7, 11) is 3.53. The second-order valence-corrected chi connectivity index (χ2v) is 4.71. The molecular formula is C11H16BrN3O. The van der Waals surface area contributed by atoms with E-state index in [9.17, 15) is 4.79 Å². The first-order valence-electron chi connectivity index (χ1n) is 4.97. The summed E-state index contributed by atoms with van der Waals surface area (Å²) in [6.45, 7) is 0. The number of carbonyl (C=O) groups is 1. The molecule has 0 aromatic heterocycles. The van der Waals surface area contributed by atoms with Gasteiger partial charge in [0.2, 0.25) is 5.91 Å². The summed E-state index contributed by atoms with van der Waals surface area (Å²) in [6.07, 6.45) is 0.278. The normalized spacial score (nSPS) is 12.6. The van der Waals surface area contributed by atoms with E-state index in [-0.39, 0.29) is 18.4 Å². The van der Waals surface area contributed by atoms with Crippen LogP contribution < -0.4 is 11.2 Å². The van der Waals surface area contributed by atoms with Crippen LogP contribution in [0, 0.1) is 0 Å². The van der Waals surface area contributed by atoms with Gasteiger partial charge in [0.05, 0.1) is 0 Å². The minimum absolute atomic E-state index is 0.0829. The van der Waals surface area contributed by atoms with Gasteiger partial charge in [-0.1, -0.05) is 28.1 Å². The van der Waals surface area contributed by atoms with Crippen molar-refractivity contribution in [2.24, 2.45) is 5.73 Å². The Morgan fingerprint density at radius 1 is 1.44 bits per heavy atom. The fourth-order valence-electron chi connectivity index (χ4n) is 1.32. The van der Waals surface area contributed by atoms with E-state index >= 15 is 0 Å². The molecule has 0 fully saturated rings. The Bertz CT molecular complexity index is 351. The summed E-state index contributed by atoms with van der Waals surface area (Å²) in [6, 6.07) is 7.39. The molecule has 88 valence electrons. The van der Waals surface area contributed by atoms with Gasteiger partial charge in [-0.2, -0.15) is 0 Å². The van der Waals surface area contributed by atoms with Gasteiger partial charge in [-0.25, -0.2) is 5.01 Å². The Labute approximate surface area is 104 Å². The van der Waals surface area contributed by atoms with E-state index in [2.05, 4.69) is 21.4 Å². The maximum Gasteiger partial charge on any atom is 0.236 e. The van der Waals surface area contributed by atoms with Crippen LogP contribution in [0.4, 0.5) is 0 Å². The van der Waals surface area contributed by atoms with Crippen molar-refractivity contribution in [2.45, 2.75) is 12.5 Å². The number of hydrazine groups is 1. The highest BCUT2D eigenvalue weighted by Gasteiger charge is 2.11. The minimum Gasteiger partial charge on any atom is -0.324 e. The van der Waals surface area contributed by atoms with Crippen LogP contribution in [0.1, 0.15) is 18.0 Å². The summed E-state index contributed by atoms with van der Waals surface area (Å²) in [5.74, 6) is -0.0829. The van der Waals surface area contributed by atoms with Crippen LogP contribution in [-0.4, -0.2) is 25.0 Å². The van der Waals surface area contributed by atoms with Gasteiger partial charge < -0.3 is 5.73 Å². The number of amides is 1. The number of nitrogens with one attached hydrogen (secondary N) is 1. The minimum atomic E-state index is -0.270. The van der Waals surface area contributed by atoms with Gasteiger partial charge in [0.1, 0.15) is 0 Å². The van der Waals surface area contributed by atoms with E-state index in [1.165, 1.54) is 0 Å². The first-order chi connectivity index (χ1) is 7.49. The van der Waals surface area contributed by atoms with Crippen molar-refractivity contribution < 1.29 is 4.79 Å². The molecule has 0 radical (unpaired) electrons. The molecule has 0 spiro atoms. The highest BCUT2D eigenvalue weighted by atomic mass is 79.9. The van der Waals surface area contributed by atoms with Crippen molar-refractivity contribution in [3.8, 4) is 0 Å². The van der Waals surface area contributed by atoms with Crippen LogP contribution in [0.25, 0.3) is 0 Å². The lowest BCUT2D eigenvalue weighted by Gasteiger charge is -2.15. The van der Waals surface area contributed by atoms with E-state index in [0.29, 0.717) is 0 Å². The molecule has 0 bridgehead atoms. The molecule has 1 rings (SSSR count). The number of halogens is 1. The molecule has 16 heavy (non-hydrogen) atoms. The number of carbonyl (C=O) groups excluding carboxylic acids is 1. The average Bonchev–Trinajstić information content (AvgIpc) is 2.16. The first-order valence-corrected chi connectivity index (χ1v) is 5.76. The first kappa shape index (κ1) is 13.2. The lowest BCUT2D eigenvalue weighted by molar-refractivity contribution is -0.125. The lowest BCUT2D eigenvalue weighted by atomic mass is 10.0. The highest BCUT2D eigenvalue weighted by Crippen LogP contribution is 2.17. The fraction of sp³-hybridized carbons (Fsp3) is 0.364. The van der Waals surface area contributed by atoms with Gasteiger partial charge in [-0.3, -0.25) is 10.2 Å². The van der Waals surface area contributed by atoms with E-state index < -0.39 is 0 Å². The second kappa shape index (κ2) is 5.98. The molecule has 0 aliphatic carbocycles. The third-order valence-electron chi connectivity index (χ3n) is 2.05. The van der Waals surface area contributed by atoms with Gasteiger partial charge in [-0.05, 0) is 17.7 Å². The Morgan fingerprint density at radius 2 is 2.00 bits per heavy atom. The molecule has 0 aliphatic heterocycles. The van der Waals surface area contributed by atoms with Crippen molar-refractivity contribution in [3.63, 3.8) is 0 Å². The van der Waals surface area contributed by atoms with Crippen molar-refractivity contribution >= 4 is 21.8 Å². The molecule has 0 heterocycles. The van der Waals surface area contributed by atoms with Crippen molar-refractivity contribution in [1.29, 1.82) is 0 Å². The molecule has 0 saturated carbocycles. The molecule has 4 nitrogen and oxygen atoms in total. The van der Waals surface area contributed by atoms with Crippen molar-refractivity contribution in [2.75, 3.05) is 14.1 Å². The molecular weight excluding hydrogens is 270 g/mol. The average molecular weight is 286 g/mol. The standard InChI is InChI=1S/C11H16BrN3O/c1-15(2)14-11(16)7-10(13)8-3-5-9(12)6-4-8/h3-6,10H,7,13H2,1-2H3,(H,14,16). The van der Waals surface area contributed by atoms with Gasteiger partial charge in [0, 0.05) is 31.0 Å². The summed E-state index contributed by atoms with van der Waals surface area (Å²) in [5.41, 5.74) is 9.54. The Kier molecular flexibility index (Phi) is 4.92. The maximum absolute atomic E-state index is 11.5. The predicted octanol–water partition coefficient (Wildman–Crippen LogP) is 1.43. The quantitative estimate of drug-likeness (QED) is 0.823. The van der Waals surface area contributed by atoms with Crippen LogP contribution in [0.2, 0.25) is 0 Å². The number of hydrogen-bond acceptors (Lipinski definition) is 3. The summed E-state index contributed by atoms with van der Waals surface area (Å²) < 4.78 is 1.00. The molecule has 1 aromatic carbocycles. The molecule has 0 saturated heterocycles. The summed E-state index contributed by atoms with van der Waals surface area (Å²) >= 11 is 3.35. The number of benzene rings is 1. The van der Waals surface area contributed by atoms with E-state index in [4.69, 9.17) is 5.73 Å². The molecule has 1 unspecified atom stereocenters.